The van der Waals surface area contributed by atoms with E-state index in [1.54, 1.807) is 0 Å². The van der Waals surface area contributed by atoms with Gasteiger partial charge in [-0.25, -0.2) is 4.57 Å². The van der Waals surface area contributed by atoms with Crippen LogP contribution in [0.3, 0.4) is 0 Å². The Balaban J connectivity index is 2.53. The predicted molar refractivity (Wildman–Crippen MR) is 203 cm³/mol. The molecule has 1 fully saturated rings. The number of hydrogen-bond acceptors (Lipinski definition) is 12. The molecule has 0 amide bonds. The molecule has 6 unspecified atom stereocenters. The third-order valence-corrected chi connectivity index (χ3v) is 10.6. The highest BCUT2D eigenvalue weighted by molar-refractivity contribution is 7.47. The number of allylic oxidation sites excluding steroid dienone is 2. The number of carbonyl (C=O) groups excluding carboxylic acids is 2. The summed E-state index contributed by atoms with van der Waals surface area (Å²) in [6.07, 6.45) is 15.7. The van der Waals surface area contributed by atoms with Gasteiger partial charge in [0.25, 0.3) is 0 Å². The smallest absolute Gasteiger partial charge is 0.462 e. The molecule has 14 heteroatoms. The number of phosphoric acid groups is 1. The van der Waals surface area contributed by atoms with Crippen molar-refractivity contribution in [1.29, 1.82) is 0 Å². The van der Waals surface area contributed by atoms with Crippen LogP contribution in [0.5, 0.6) is 0 Å². The van der Waals surface area contributed by atoms with E-state index in [4.69, 9.17) is 18.5 Å². The van der Waals surface area contributed by atoms with Crippen LogP contribution in [0, 0.1) is 0 Å². The molecule has 0 aromatic carbocycles. The van der Waals surface area contributed by atoms with Gasteiger partial charge < -0.3 is 39.9 Å². The molecule has 0 saturated heterocycles. The third-order valence-electron chi connectivity index (χ3n) is 9.61. The zero-order valence-electron chi connectivity index (χ0n) is 32.6. The lowest BCUT2D eigenvalue weighted by molar-refractivity contribution is -0.220. The molecule has 1 aliphatic carbocycles. The lowest BCUT2D eigenvalue weighted by atomic mass is 9.85. The normalized spacial score (nSPS) is 23.5. The first kappa shape index (κ1) is 49.6. The van der Waals surface area contributed by atoms with E-state index in [1.807, 2.05) is 0 Å². The molecule has 0 bridgehead atoms. The Morgan fingerprint density at radius 3 is 1.47 bits per heavy atom. The molecular weight excluding hydrogens is 707 g/mol. The number of phosphoric ester groups is 1. The summed E-state index contributed by atoms with van der Waals surface area (Å²) >= 11 is 0. The zero-order chi connectivity index (χ0) is 39.3. The molecule has 1 saturated carbocycles. The number of ether oxygens (including phenoxy) is 2. The fraction of sp³-hybridized carbons (Fsp3) is 0.897. The van der Waals surface area contributed by atoms with Crippen molar-refractivity contribution in [2.24, 2.45) is 0 Å². The maximum Gasteiger partial charge on any atom is 0.472 e. The molecule has 0 spiro atoms. The Kier molecular flexibility index (Phi) is 28.8. The van der Waals surface area contributed by atoms with E-state index >= 15 is 0 Å². The van der Waals surface area contributed by atoms with E-state index in [0.29, 0.717) is 12.8 Å². The van der Waals surface area contributed by atoms with Crippen molar-refractivity contribution in [3.05, 3.63) is 12.2 Å². The molecule has 0 aromatic heterocycles. The van der Waals surface area contributed by atoms with Crippen molar-refractivity contribution < 1.29 is 63.1 Å². The monoisotopic (exact) mass is 780 g/mol. The standard InChI is InChI=1S/C39H73O13P/c1-3-5-7-9-11-13-15-17-19-21-23-25-27-32(40)49-29-31(51-33(41)28-26-24-22-20-18-16-14-12-10-8-6-4-2)30-50-53(47,48)52-39-37(45)35(43)34(42)36(44)38(39)46/h12,14,31,34-39,42-46H,3-11,13,15-30H2,1-2H3,(H,47,48)/b14-12+/t31-,34?,35-,36?,37?,38?,39?/m1/s1. The largest absolute Gasteiger partial charge is 0.472 e. The molecule has 1 rings (SSSR count). The first-order chi connectivity index (χ1) is 25.4. The summed E-state index contributed by atoms with van der Waals surface area (Å²) in [5.41, 5.74) is 0. The quantitative estimate of drug-likeness (QED) is 0.0177. The maximum atomic E-state index is 12.7. The van der Waals surface area contributed by atoms with Gasteiger partial charge in [0.2, 0.25) is 0 Å². The Bertz CT molecular complexity index is 996. The van der Waals surface area contributed by atoms with E-state index in [9.17, 15) is 44.6 Å². The average Bonchev–Trinajstić information content (AvgIpc) is 3.13. The van der Waals surface area contributed by atoms with Crippen molar-refractivity contribution in [2.45, 2.75) is 211 Å². The van der Waals surface area contributed by atoms with Crippen LogP contribution in [-0.4, -0.2) is 98.3 Å². The van der Waals surface area contributed by atoms with Gasteiger partial charge in [-0.2, -0.15) is 0 Å². The topological polar surface area (TPSA) is 210 Å². The van der Waals surface area contributed by atoms with Crippen LogP contribution in [0.2, 0.25) is 0 Å². The van der Waals surface area contributed by atoms with Crippen molar-refractivity contribution in [1.82, 2.24) is 0 Å². The van der Waals surface area contributed by atoms with Crippen LogP contribution in [0.1, 0.15) is 168 Å². The highest BCUT2D eigenvalue weighted by atomic mass is 31.2. The van der Waals surface area contributed by atoms with Crippen LogP contribution in [0.15, 0.2) is 12.2 Å². The molecule has 53 heavy (non-hydrogen) atoms. The first-order valence-electron chi connectivity index (χ1n) is 20.5. The van der Waals surface area contributed by atoms with Gasteiger partial charge in [-0.05, 0) is 38.5 Å². The van der Waals surface area contributed by atoms with E-state index in [2.05, 4.69) is 26.0 Å². The Morgan fingerprint density at radius 1 is 0.566 bits per heavy atom. The van der Waals surface area contributed by atoms with E-state index in [0.717, 1.165) is 57.8 Å². The summed E-state index contributed by atoms with van der Waals surface area (Å²) in [6.45, 7) is 3.24. The second-order valence-corrected chi connectivity index (χ2v) is 15.9. The molecule has 0 radical (unpaired) electrons. The summed E-state index contributed by atoms with van der Waals surface area (Å²) in [4.78, 5) is 35.5. The van der Waals surface area contributed by atoms with Crippen LogP contribution < -0.4 is 0 Å². The molecule has 0 heterocycles. The van der Waals surface area contributed by atoms with Crippen molar-refractivity contribution in [3.63, 3.8) is 0 Å². The molecule has 6 N–H and O–H groups in total. The number of esters is 2. The molecule has 0 aromatic rings. The highest BCUT2D eigenvalue weighted by Crippen LogP contribution is 2.47. The fourth-order valence-electron chi connectivity index (χ4n) is 6.22. The van der Waals surface area contributed by atoms with Crippen molar-refractivity contribution >= 4 is 19.8 Å². The third kappa shape index (κ3) is 24.0. The van der Waals surface area contributed by atoms with Gasteiger partial charge in [0.15, 0.2) is 6.10 Å². The van der Waals surface area contributed by atoms with Crippen LogP contribution in [0.25, 0.3) is 0 Å². The highest BCUT2D eigenvalue weighted by Gasteiger charge is 2.51. The summed E-state index contributed by atoms with van der Waals surface area (Å²) in [5, 5.41) is 49.9. The molecule has 13 nitrogen and oxygen atoms in total. The lowest BCUT2D eigenvalue weighted by Gasteiger charge is -2.41. The fourth-order valence-corrected chi connectivity index (χ4v) is 7.19. The number of hydrogen-bond donors (Lipinski definition) is 6. The van der Waals surface area contributed by atoms with E-state index in [-0.39, 0.29) is 12.8 Å². The Labute approximate surface area is 318 Å². The first-order valence-corrected chi connectivity index (χ1v) is 22.0. The van der Waals surface area contributed by atoms with E-state index < -0.39 is 75.7 Å². The van der Waals surface area contributed by atoms with Gasteiger partial charge in [0.05, 0.1) is 6.61 Å². The summed E-state index contributed by atoms with van der Waals surface area (Å²) < 4.78 is 33.3. The predicted octanol–water partition coefficient (Wildman–Crippen LogP) is 6.72. The van der Waals surface area contributed by atoms with Gasteiger partial charge in [-0.15, -0.1) is 0 Å². The summed E-state index contributed by atoms with van der Waals surface area (Å²) in [6, 6.07) is 0. The Morgan fingerprint density at radius 2 is 0.962 bits per heavy atom. The second kappa shape index (κ2) is 30.8. The molecule has 1 aliphatic rings. The SMILES string of the molecule is CCCCC/C=C/CCCCCCCC(=O)O[C@H](COC(=O)CCCCCCCCCCCCCC)COP(=O)(O)OC1C(O)C(O)C(O)[C@@H](O)C1O. The number of aliphatic hydroxyl groups excluding tert-OH is 5. The molecule has 312 valence electrons. The minimum absolute atomic E-state index is 0.0898. The minimum Gasteiger partial charge on any atom is -0.462 e. The summed E-state index contributed by atoms with van der Waals surface area (Å²) in [5.74, 6) is -1.11. The molecule has 0 aliphatic heterocycles. The number of unbranched alkanes of at least 4 members (excludes halogenated alkanes) is 19. The number of carbonyl (C=O) groups is 2. The average molecular weight is 781 g/mol. The Hall–Kier alpha value is -1.41. The second-order valence-electron chi connectivity index (χ2n) is 14.5. The number of rotatable bonds is 33. The molecule has 8 atom stereocenters. The minimum atomic E-state index is -5.11. The maximum absolute atomic E-state index is 12.7. The number of aliphatic hydroxyl groups is 5. The zero-order valence-corrected chi connectivity index (χ0v) is 33.5. The van der Waals surface area contributed by atoms with E-state index in [1.165, 1.54) is 70.6 Å². The summed E-state index contributed by atoms with van der Waals surface area (Å²) in [7, 11) is -5.11. The van der Waals surface area contributed by atoms with Crippen LogP contribution >= 0.6 is 7.82 Å². The molecular formula is C39H73O13P. The van der Waals surface area contributed by atoms with Gasteiger partial charge in [-0.3, -0.25) is 18.6 Å². The van der Waals surface area contributed by atoms with Crippen molar-refractivity contribution in [2.75, 3.05) is 13.2 Å². The van der Waals surface area contributed by atoms with Crippen LogP contribution in [0.4, 0.5) is 0 Å². The van der Waals surface area contributed by atoms with Gasteiger partial charge >= 0.3 is 19.8 Å². The lowest BCUT2D eigenvalue weighted by Crippen LogP contribution is -2.64. The van der Waals surface area contributed by atoms with Gasteiger partial charge in [0, 0.05) is 12.8 Å². The van der Waals surface area contributed by atoms with Gasteiger partial charge in [0.1, 0.15) is 43.2 Å². The van der Waals surface area contributed by atoms with Crippen molar-refractivity contribution in [3.8, 4) is 0 Å². The van der Waals surface area contributed by atoms with Crippen LogP contribution in [-0.2, 0) is 32.7 Å². The van der Waals surface area contributed by atoms with Gasteiger partial charge in [-0.1, -0.05) is 129 Å².